The number of nitrogens with one attached hydrogen (secondary N) is 2. The fraction of sp³-hybridized carbons (Fsp3) is 0.250. The Morgan fingerprint density at radius 1 is 1.40 bits per heavy atom. The van der Waals surface area contributed by atoms with Crippen molar-refractivity contribution in [2.24, 2.45) is 0 Å². The minimum atomic E-state index is -0.526. The summed E-state index contributed by atoms with van der Waals surface area (Å²) in [6.07, 6.45) is 0. The molecule has 2 rings (SSSR count). The van der Waals surface area contributed by atoms with Gasteiger partial charge in [0.1, 0.15) is 5.82 Å². The molecule has 2 N–H and O–H groups in total. The number of urea groups is 1. The van der Waals surface area contributed by atoms with E-state index in [9.17, 15) is 18.8 Å². The molecule has 0 aliphatic carbocycles. The summed E-state index contributed by atoms with van der Waals surface area (Å²) in [6.45, 7) is 0.264. The van der Waals surface area contributed by atoms with Gasteiger partial charge in [0.25, 0.3) is 5.24 Å². The number of halogens is 1. The van der Waals surface area contributed by atoms with Crippen molar-refractivity contribution in [2.75, 3.05) is 24.2 Å². The summed E-state index contributed by atoms with van der Waals surface area (Å²) in [5.41, 5.74) is 0.325. The highest BCUT2D eigenvalue weighted by Gasteiger charge is 2.29. The van der Waals surface area contributed by atoms with Crippen molar-refractivity contribution in [3.05, 3.63) is 30.1 Å². The monoisotopic (exact) mass is 297 g/mol. The maximum absolute atomic E-state index is 12.9. The van der Waals surface area contributed by atoms with Crippen LogP contribution in [0.4, 0.5) is 19.7 Å². The Labute approximate surface area is 118 Å². The SMILES string of the molecule is O=C(NCCN1C(=O)CSC1=O)Nc1cccc(F)c1. The second-order valence-electron chi connectivity index (χ2n) is 3.99. The van der Waals surface area contributed by atoms with Crippen molar-refractivity contribution < 1.29 is 18.8 Å². The summed E-state index contributed by atoms with van der Waals surface area (Å²) in [7, 11) is 0. The molecular weight excluding hydrogens is 285 g/mol. The molecule has 1 fully saturated rings. The number of hydrogen-bond acceptors (Lipinski definition) is 4. The van der Waals surface area contributed by atoms with Crippen LogP contribution in [0.1, 0.15) is 0 Å². The zero-order valence-corrected chi connectivity index (χ0v) is 11.2. The molecule has 20 heavy (non-hydrogen) atoms. The first kappa shape index (κ1) is 14.3. The number of carbonyl (C=O) groups is 3. The van der Waals surface area contributed by atoms with Gasteiger partial charge in [-0.05, 0) is 18.2 Å². The molecule has 1 aromatic rings. The van der Waals surface area contributed by atoms with Gasteiger partial charge < -0.3 is 10.6 Å². The highest BCUT2D eigenvalue weighted by atomic mass is 32.2. The largest absolute Gasteiger partial charge is 0.336 e. The van der Waals surface area contributed by atoms with Crippen molar-refractivity contribution >= 4 is 34.6 Å². The fourth-order valence-electron chi connectivity index (χ4n) is 1.62. The van der Waals surface area contributed by atoms with Crippen LogP contribution >= 0.6 is 11.8 Å². The Bertz CT molecular complexity index is 537. The molecule has 0 radical (unpaired) electrons. The van der Waals surface area contributed by atoms with Gasteiger partial charge in [0.2, 0.25) is 5.91 Å². The topological polar surface area (TPSA) is 78.5 Å². The molecular formula is C12H12FN3O3S. The van der Waals surface area contributed by atoms with Crippen LogP contribution in [0.5, 0.6) is 0 Å². The number of thioether (sulfide) groups is 1. The van der Waals surface area contributed by atoms with Gasteiger partial charge in [0, 0.05) is 18.8 Å². The first-order chi connectivity index (χ1) is 9.56. The predicted octanol–water partition coefficient (Wildman–Crippen LogP) is 1.64. The lowest BCUT2D eigenvalue weighted by Gasteiger charge is -2.13. The Kier molecular flexibility index (Phi) is 4.57. The van der Waals surface area contributed by atoms with E-state index in [1.165, 1.54) is 18.2 Å². The number of carbonyl (C=O) groups excluding carboxylic acids is 3. The molecule has 1 aliphatic heterocycles. The van der Waals surface area contributed by atoms with Crippen LogP contribution in [0.25, 0.3) is 0 Å². The maximum atomic E-state index is 12.9. The van der Waals surface area contributed by atoms with Crippen molar-refractivity contribution in [3.63, 3.8) is 0 Å². The second-order valence-corrected chi connectivity index (χ2v) is 4.92. The van der Waals surface area contributed by atoms with E-state index >= 15 is 0 Å². The lowest BCUT2D eigenvalue weighted by atomic mass is 10.3. The van der Waals surface area contributed by atoms with Gasteiger partial charge in [-0.25, -0.2) is 9.18 Å². The van der Waals surface area contributed by atoms with Crippen LogP contribution in [-0.4, -0.2) is 40.9 Å². The van der Waals surface area contributed by atoms with Crippen molar-refractivity contribution in [1.82, 2.24) is 10.2 Å². The second kappa shape index (κ2) is 6.38. The maximum Gasteiger partial charge on any atom is 0.319 e. The molecule has 0 atom stereocenters. The van der Waals surface area contributed by atoms with Crippen LogP contribution in [0.2, 0.25) is 0 Å². The molecule has 0 aromatic heterocycles. The van der Waals surface area contributed by atoms with Gasteiger partial charge in [-0.3, -0.25) is 14.5 Å². The van der Waals surface area contributed by atoms with Crippen LogP contribution in [0.15, 0.2) is 24.3 Å². The molecule has 8 heteroatoms. The minimum Gasteiger partial charge on any atom is -0.336 e. The molecule has 6 nitrogen and oxygen atoms in total. The number of nitrogens with zero attached hydrogens (tertiary/aromatic N) is 1. The van der Waals surface area contributed by atoms with E-state index in [4.69, 9.17) is 0 Å². The molecule has 0 unspecified atom stereocenters. The third kappa shape index (κ3) is 3.70. The predicted molar refractivity (Wildman–Crippen MR) is 73.0 cm³/mol. The van der Waals surface area contributed by atoms with Crippen LogP contribution in [0.3, 0.4) is 0 Å². The molecule has 1 heterocycles. The summed E-state index contributed by atoms with van der Waals surface area (Å²) in [5.74, 6) is -0.561. The molecule has 1 aromatic carbocycles. The average molecular weight is 297 g/mol. The van der Waals surface area contributed by atoms with E-state index in [1.807, 2.05) is 0 Å². The molecule has 4 amide bonds. The lowest BCUT2D eigenvalue weighted by Crippen LogP contribution is -2.39. The van der Waals surface area contributed by atoms with Crippen molar-refractivity contribution in [1.29, 1.82) is 0 Å². The molecule has 0 spiro atoms. The average Bonchev–Trinajstić information content (AvgIpc) is 2.70. The van der Waals surface area contributed by atoms with Gasteiger partial charge in [-0.1, -0.05) is 17.8 Å². The Hall–Kier alpha value is -2.09. The van der Waals surface area contributed by atoms with Crippen molar-refractivity contribution in [3.8, 4) is 0 Å². The lowest BCUT2D eigenvalue weighted by molar-refractivity contribution is -0.124. The highest BCUT2D eigenvalue weighted by Crippen LogP contribution is 2.17. The number of hydrogen-bond donors (Lipinski definition) is 2. The number of anilines is 1. The normalized spacial score (nSPS) is 14.6. The quantitative estimate of drug-likeness (QED) is 0.885. The van der Waals surface area contributed by atoms with E-state index in [2.05, 4.69) is 10.6 Å². The standard InChI is InChI=1S/C12H12FN3O3S/c13-8-2-1-3-9(6-8)15-11(18)14-4-5-16-10(17)7-20-12(16)19/h1-3,6H,4-5,7H2,(H2,14,15,18). The van der Waals surface area contributed by atoms with E-state index in [-0.39, 0.29) is 30.0 Å². The summed E-state index contributed by atoms with van der Waals surface area (Å²) in [4.78, 5) is 35.2. The zero-order valence-electron chi connectivity index (χ0n) is 10.4. The van der Waals surface area contributed by atoms with Gasteiger partial charge >= 0.3 is 6.03 Å². The third-order valence-electron chi connectivity index (χ3n) is 2.54. The Morgan fingerprint density at radius 2 is 2.20 bits per heavy atom. The van der Waals surface area contributed by atoms with E-state index < -0.39 is 11.8 Å². The summed E-state index contributed by atoms with van der Waals surface area (Å²) < 4.78 is 12.9. The fourth-order valence-corrected chi connectivity index (χ4v) is 2.37. The Morgan fingerprint density at radius 3 is 2.85 bits per heavy atom. The molecule has 106 valence electrons. The molecule has 0 bridgehead atoms. The minimum absolute atomic E-state index is 0.126. The van der Waals surface area contributed by atoms with E-state index in [1.54, 1.807) is 6.07 Å². The van der Waals surface area contributed by atoms with Crippen LogP contribution < -0.4 is 10.6 Å². The number of rotatable bonds is 4. The van der Waals surface area contributed by atoms with Gasteiger partial charge in [0.15, 0.2) is 0 Å². The van der Waals surface area contributed by atoms with Gasteiger partial charge in [0.05, 0.1) is 5.75 Å². The first-order valence-corrected chi connectivity index (χ1v) is 6.82. The summed E-state index contributed by atoms with van der Waals surface area (Å²) in [6, 6.07) is 4.95. The van der Waals surface area contributed by atoms with Crippen LogP contribution in [-0.2, 0) is 4.79 Å². The van der Waals surface area contributed by atoms with E-state index in [0.29, 0.717) is 5.69 Å². The summed E-state index contributed by atoms with van der Waals surface area (Å²) >= 11 is 0.944. The Balaban J connectivity index is 1.75. The third-order valence-corrected chi connectivity index (χ3v) is 3.40. The number of benzene rings is 1. The van der Waals surface area contributed by atoms with Crippen LogP contribution in [0, 0.1) is 5.82 Å². The van der Waals surface area contributed by atoms with Gasteiger partial charge in [-0.15, -0.1) is 0 Å². The molecule has 1 saturated heterocycles. The molecule has 1 aliphatic rings. The van der Waals surface area contributed by atoms with E-state index in [0.717, 1.165) is 16.7 Å². The molecule has 0 saturated carbocycles. The number of imide groups is 1. The summed E-state index contributed by atoms with van der Waals surface area (Å²) in [5, 5.41) is 4.63. The van der Waals surface area contributed by atoms with Gasteiger partial charge in [-0.2, -0.15) is 0 Å². The zero-order chi connectivity index (χ0) is 14.5. The number of amides is 4. The van der Waals surface area contributed by atoms with Crippen molar-refractivity contribution in [2.45, 2.75) is 0 Å². The highest BCUT2D eigenvalue weighted by molar-refractivity contribution is 8.14. The first-order valence-electron chi connectivity index (χ1n) is 5.84. The smallest absolute Gasteiger partial charge is 0.319 e.